The summed E-state index contributed by atoms with van der Waals surface area (Å²) < 4.78 is 0. The highest BCUT2D eigenvalue weighted by Crippen LogP contribution is 2.05. The Balaban J connectivity index is 2.34. The molecule has 3 amide bonds. The van der Waals surface area contributed by atoms with Crippen LogP contribution in [-0.2, 0) is 9.59 Å². The topological polar surface area (TPSA) is 98.7 Å². The fourth-order valence-electron chi connectivity index (χ4n) is 1.51. The fraction of sp³-hybridized carbons (Fsp3) is 0.700. The molecule has 0 aliphatic carbocycles. The zero-order valence-electron chi connectivity index (χ0n) is 9.90. The second kappa shape index (κ2) is 5.51. The van der Waals surface area contributed by atoms with Crippen LogP contribution < -0.4 is 10.6 Å². The summed E-state index contributed by atoms with van der Waals surface area (Å²) in [4.78, 5) is 34.3. The number of hydrogen-bond acceptors (Lipinski definition) is 3. The molecule has 17 heavy (non-hydrogen) atoms. The molecule has 3 N–H and O–H groups in total. The number of likely N-dealkylation sites (N-methyl/N-ethyl adjacent to an activating group) is 1. The molecule has 96 valence electrons. The van der Waals surface area contributed by atoms with E-state index in [0.717, 1.165) is 4.90 Å². The number of nitrogens with zero attached hydrogens (tertiary/aromatic N) is 1. The third-order valence-corrected chi connectivity index (χ3v) is 2.84. The third-order valence-electron chi connectivity index (χ3n) is 2.84. The summed E-state index contributed by atoms with van der Waals surface area (Å²) in [5.74, 6) is -1.08. The van der Waals surface area contributed by atoms with Crippen LogP contribution >= 0.6 is 0 Å². The maximum atomic E-state index is 11.6. The molecule has 7 nitrogen and oxygen atoms in total. The Hall–Kier alpha value is -1.79. The van der Waals surface area contributed by atoms with E-state index < -0.39 is 18.0 Å². The number of urea groups is 1. The Kier molecular flexibility index (Phi) is 4.30. The van der Waals surface area contributed by atoms with Crippen molar-refractivity contribution in [3.8, 4) is 0 Å². The lowest BCUT2D eigenvalue weighted by Crippen LogP contribution is -2.48. The summed E-state index contributed by atoms with van der Waals surface area (Å²) in [6.45, 7) is 1.75. The molecule has 1 aliphatic heterocycles. The minimum atomic E-state index is -1.06. The molecule has 1 saturated heterocycles. The first kappa shape index (κ1) is 13.3. The van der Waals surface area contributed by atoms with Gasteiger partial charge in [0, 0.05) is 26.1 Å². The summed E-state index contributed by atoms with van der Waals surface area (Å²) in [7, 11) is 1.42. The molecule has 2 atom stereocenters. The average Bonchev–Trinajstić information content (AvgIpc) is 2.69. The Labute approximate surface area is 99.2 Å². The average molecular weight is 243 g/mol. The fourth-order valence-corrected chi connectivity index (χ4v) is 1.51. The molecule has 0 aromatic rings. The molecule has 1 aliphatic rings. The quantitative estimate of drug-likeness (QED) is 0.612. The van der Waals surface area contributed by atoms with Crippen molar-refractivity contribution in [2.75, 3.05) is 13.6 Å². The Morgan fingerprint density at radius 2 is 2.29 bits per heavy atom. The molecule has 2 unspecified atom stereocenters. The lowest BCUT2D eigenvalue weighted by atomic mass is 10.2. The van der Waals surface area contributed by atoms with Crippen LogP contribution in [0.25, 0.3) is 0 Å². The predicted molar refractivity (Wildman–Crippen MR) is 59.4 cm³/mol. The van der Waals surface area contributed by atoms with Gasteiger partial charge in [0.25, 0.3) is 0 Å². The zero-order chi connectivity index (χ0) is 13.0. The van der Waals surface area contributed by atoms with E-state index in [1.54, 1.807) is 0 Å². The highest BCUT2D eigenvalue weighted by molar-refractivity contribution is 5.82. The van der Waals surface area contributed by atoms with E-state index in [1.807, 2.05) is 0 Å². The lowest BCUT2D eigenvalue weighted by molar-refractivity contribution is -0.141. The van der Waals surface area contributed by atoms with Crippen molar-refractivity contribution < 1.29 is 19.5 Å². The van der Waals surface area contributed by atoms with Crippen molar-refractivity contribution in [1.29, 1.82) is 0 Å². The highest BCUT2D eigenvalue weighted by atomic mass is 16.4. The lowest BCUT2D eigenvalue weighted by Gasteiger charge is -2.22. The summed E-state index contributed by atoms with van der Waals surface area (Å²) in [6.07, 6.45) is 1.17. The number of hydrogen-bond donors (Lipinski definition) is 3. The maximum Gasteiger partial charge on any atom is 0.326 e. The molecule has 1 heterocycles. The summed E-state index contributed by atoms with van der Waals surface area (Å²) in [5, 5.41) is 14.0. The van der Waals surface area contributed by atoms with E-state index in [9.17, 15) is 14.4 Å². The molecule has 0 aromatic heterocycles. The molecule has 0 aromatic carbocycles. The SMILES string of the molecule is CC(C(=O)O)N(C)C(=O)NCC1CCC(=O)N1. The summed E-state index contributed by atoms with van der Waals surface area (Å²) in [5.41, 5.74) is 0. The second-order valence-corrected chi connectivity index (χ2v) is 4.11. The summed E-state index contributed by atoms with van der Waals surface area (Å²) >= 11 is 0. The second-order valence-electron chi connectivity index (χ2n) is 4.11. The van der Waals surface area contributed by atoms with Gasteiger partial charge in [0.15, 0.2) is 0 Å². The van der Waals surface area contributed by atoms with Crippen molar-refractivity contribution >= 4 is 17.9 Å². The minimum Gasteiger partial charge on any atom is -0.480 e. The van der Waals surface area contributed by atoms with E-state index in [2.05, 4.69) is 10.6 Å². The van der Waals surface area contributed by atoms with Gasteiger partial charge in [0.1, 0.15) is 6.04 Å². The molecular weight excluding hydrogens is 226 g/mol. The van der Waals surface area contributed by atoms with Crippen LogP contribution in [0, 0.1) is 0 Å². The van der Waals surface area contributed by atoms with Crippen molar-refractivity contribution in [3.63, 3.8) is 0 Å². The Morgan fingerprint density at radius 1 is 1.65 bits per heavy atom. The first-order chi connectivity index (χ1) is 7.91. The Bertz CT molecular complexity index is 332. The number of carbonyl (C=O) groups is 3. The molecule has 0 spiro atoms. The highest BCUT2D eigenvalue weighted by Gasteiger charge is 2.24. The molecule has 0 bridgehead atoms. The maximum absolute atomic E-state index is 11.6. The summed E-state index contributed by atoms with van der Waals surface area (Å²) in [6, 6.07) is -1.39. The van der Waals surface area contributed by atoms with Crippen LogP contribution in [0.4, 0.5) is 4.79 Å². The van der Waals surface area contributed by atoms with E-state index in [0.29, 0.717) is 19.4 Å². The van der Waals surface area contributed by atoms with Gasteiger partial charge < -0.3 is 20.6 Å². The number of amides is 3. The van der Waals surface area contributed by atoms with Gasteiger partial charge in [-0.2, -0.15) is 0 Å². The largest absolute Gasteiger partial charge is 0.480 e. The number of carbonyl (C=O) groups excluding carboxylic acids is 2. The number of aliphatic carboxylic acids is 1. The smallest absolute Gasteiger partial charge is 0.326 e. The van der Waals surface area contributed by atoms with E-state index in [4.69, 9.17) is 5.11 Å². The molecule has 7 heteroatoms. The monoisotopic (exact) mass is 243 g/mol. The van der Waals surface area contributed by atoms with E-state index in [-0.39, 0.29) is 11.9 Å². The van der Waals surface area contributed by atoms with Crippen molar-refractivity contribution in [1.82, 2.24) is 15.5 Å². The number of rotatable bonds is 4. The van der Waals surface area contributed by atoms with Crippen LogP contribution in [-0.4, -0.2) is 53.6 Å². The van der Waals surface area contributed by atoms with E-state index >= 15 is 0 Å². The van der Waals surface area contributed by atoms with Crippen molar-refractivity contribution in [2.24, 2.45) is 0 Å². The van der Waals surface area contributed by atoms with Gasteiger partial charge in [-0.25, -0.2) is 9.59 Å². The Morgan fingerprint density at radius 3 is 2.76 bits per heavy atom. The molecule has 0 saturated carbocycles. The molecular formula is C10H17N3O4. The van der Waals surface area contributed by atoms with Crippen molar-refractivity contribution in [2.45, 2.75) is 31.8 Å². The normalized spacial score (nSPS) is 20.6. The van der Waals surface area contributed by atoms with Crippen molar-refractivity contribution in [3.05, 3.63) is 0 Å². The van der Waals surface area contributed by atoms with Gasteiger partial charge in [-0.05, 0) is 13.3 Å². The van der Waals surface area contributed by atoms with Gasteiger partial charge in [-0.1, -0.05) is 0 Å². The van der Waals surface area contributed by atoms with Crippen LogP contribution in [0.15, 0.2) is 0 Å². The molecule has 1 rings (SSSR count). The standard InChI is InChI=1S/C10H17N3O4/c1-6(9(15)16)13(2)10(17)11-5-7-3-4-8(14)12-7/h6-7H,3-5H2,1-2H3,(H,11,17)(H,12,14)(H,15,16). The van der Waals surface area contributed by atoms with E-state index in [1.165, 1.54) is 14.0 Å². The zero-order valence-corrected chi connectivity index (χ0v) is 9.90. The van der Waals surface area contributed by atoms with Gasteiger partial charge in [-0.3, -0.25) is 4.79 Å². The number of carboxylic acids is 1. The minimum absolute atomic E-state index is 0.0171. The van der Waals surface area contributed by atoms with Crippen LogP contribution in [0.1, 0.15) is 19.8 Å². The van der Waals surface area contributed by atoms with Gasteiger partial charge in [0.2, 0.25) is 5.91 Å². The molecule has 1 fully saturated rings. The first-order valence-corrected chi connectivity index (χ1v) is 5.44. The first-order valence-electron chi connectivity index (χ1n) is 5.44. The van der Waals surface area contributed by atoms with Crippen LogP contribution in [0.2, 0.25) is 0 Å². The third kappa shape index (κ3) is 3.61. The predicted octanol–water partition coefficient (Wildman–Crippen LogP) is -0.620. The van der Waals surface area contributed by atoms with Crippen LogP contribution in [0.3, 0.4) is 0 Å². The van der Waals surface area contributed by atoms with Gasteiger partial charge in [-0.15, -0.1) is 0 Å². The van der Waals surface area contributed by atoms with Crippen LogP contribution in [0.5, 0.6) is 0 Å². The van der Waals surface area contributed by atoms with Gasteiger partial charge in [0.05, 0.1) is 0 Å². The molecule has 0 radical (unpaired) electrons. The number of nitrogens with one attached hydrogen (secondary N) is 2. The van der Waals surface area contributed by atoms with Gasteiger partial charge >= 0.3 is 12.0 Å². The number of carboxylic acid groups (broad SMARTS) is 1.